The van der Waals surface area contributed by atoms with Crippen LogP contribution in [0.1, 0.15) is 38.2 Å². The number of hydrogen-bond donors (Lipinski definition) is 2. The molecular weight excluding hydrogens is 357 g/mol. The lowest BCUT2D eigenvalue weighted by molar-refractivity contribution is -0.137. The maximum Gasteiger partial charge on any atom is 0.416 e. The molecule has 0 heterocycles. The zero-order valence-corrected chi connectivity index (χ0v) is 14.6. The highest BCUT2D eigenvalue weighted by Crippen LogP contribution is 2.30. The van der Waals surface area contributed by atoms with Crippen LogP contribution in [0, 0.1) is 5.92 Å². The lowest BCUT2D eigenvalue weighted by Gasteiger charge is -2.29. The molecular formula is C16H21F3N2O3S. The van der Waals surface area contributed by atoms with Crippen molar-refractivity contribution in [3.8, 4) is 0 Å². The summed E-state index contributed by atoms with van der Waals surface area (Å²) in [5.41, 5.74) is -1.06. The number of halogens is 3. The van der Waals surface area contributed by atoms with Crippen LogP contribution in [0.4, 0.5) is 13.2 Å². The number of nitrogens with one attached hydrogen (secondary N) is 2. The molecule has 1 saturated carbocycles. The number of carbonyl (C=O) groups is 1. The van der Waals surface area contributed by atoms with E-state index in [2.05, 4.69) is 10.0 Å². The summed E-state index contributed by atoms with van der Waals surface area (Å²) >= 11 is 0. The highest BCUT2D eigenvalue weighted by Gasteiger charge is 2.31. The van der Waals surface area contributed by atoms with E-state index >= 15 is 0 Å². The number of alkyl halides is 3. The van der Waals surface area contributed by atoms with Crippen molar-refractivity contribution in [2.45, 2.75) is 49.7 Å². The Balaban J connectivity index is 1.98. The molecule has 0 radical (unpaired) electrons. The summed E-state index contributed by atoms with van der Waals surface area (Å²) in [5.74, 6) is -0.174. The third-order valence-electron chi connectivity index (χ3n) is 4.35. The Morgan fingerprint density at radius 2 is 1.92 bits per heavy atom. The van der Waals surface area contributed by atoms with E-state index < -0.39 is 39.1 Å². The molecule has 1 aromatic rings. The van der Waals surface area contributed by atoms with Gasteiger partial charge in [-0.1, -0.05) is 25.8 Å². The number of rotatable bonds is 5. The standard InChI is InChI=1S/C16H21F3N2O3S/c1-11-5-2-3-8-14(11)21-15(22)10-20-25(23,24)13-7-4-6-12(9-13)16(17,18)19/h4,6-7,9,11,14,20H,2-3,5,8,10H2,1H3,(H,21,22). The van der Waals surface area contributed by atoms with Crippen molar-refractivity contribution in [2.24, 2.45) is 5.92 Å². The first-order valence-corrected chi connectivity index (χ1v) is 9.54. The van der Waals surface area contributed by atoms with Crippen LogP contribution in [0.3, 0.4) is 0 Å². The molecule has 1 aliphatic rings. The van der Waals surface area contributed by atoms with Crippen LogP contribution < -0.4 is 10.0 Å². The number of amides is 1. The normalized spacial score (nSPS) is 21.8. The van der Waals surface area contributed by atoms with E-state index in [0.29, 0.717) is 12.0 Å². The topological polar surface area (TPSA) is 75.3 Å². The van der Waals surface area contributed by atoms with Gasteiger partial charge in [-0.05, 0) is 37.0 Å². The van der Waals surface area contributed by atoms with Gasteiger partial charge < -0.3 is 5.32 Å². The summed E-state index contributed by atoms with van der Waals surface area (Å²) < 4.78 is 64.3. The minimum absolute atomic E-state index is 0.000638. The van der Waals surface area contributed by atoms with E-state index in [0.717, 1.165) is 43.9 Å². The van der Waals surface area contributed by atoms with Crippen molar-refractivity contribution in [3.05, 3.63) is 29.8 Å². The lowest BCUT2D eigenvalue weighted by Crippen LogP contribution is -2.45. The molecule has 2 unspecified atom stereocenters. The predicted molar refractivity (Wildman–Crippen MR) is 86.2 cm³/mol. The molecule has 0 saturated heterocycles. The minimum Gasteiger partial charge on any atom is -0.352 e. The van der Waals surface area contributed by atoms with Gasteiger partial charge in [0.25, 0.3) is 0 Å². The molecule has 9 heteroatoms. The van der Waals surface area contributed by atoms with E-state index in [1.54, 1.807) is 0 Å². The third-order valence-corrected chi connectivity index (χ3v) is 5.75. The SMILES string of the molecule is CC1CCCCC1NC(=O)CNS(=O)(=O)c1cccc(C(F)(F)F)c1. The third kappa shape index (κ3) is 5.43. The van der Waals surface area contributed by atoms with Crippen LogP contribution in [0.15, 0.2) is 29.2 Å². The van der Waals surface area contributed by atoms with Crippen molar-refractivity contribution in [1.82, 2.24) is 10.0 Å². The first-order valence-electron chi connectivity index (χ1n) is 8.06. The molecule has 140 valence electrons. The first kappa shape index (κ1) is 19.7. The molecule has 1 aromatic carbocycles. The van der Waals surface area contributed by atoms with Gasteiger partial charge >= 0.3 is 6.18 Å². The summed E-state index contributed by atoms with van der Waals surface area (Å²) in [6.07, 6.45) is -0.685. The highest BCUT2D eigenvalue weighted by atomic mass is 32.2. The molecule has 5 nitrogen and oxygen atoms in total. The summed E-state index contributed by atoms with van der Waals surface area (Å²) in [7, 11) is -4.20. The lowest BCUT2D eigenvalue weighted by atomic mass is 9.86. The Kier molecular flexibility index (Phi) is 6.10. The fraction of sp³-hybridized carbons (Fsp3) is 0.562. The van der Waals surface area contributed by atoms with Gasteiger partial charge in [0.15, 0.2) is 0 Å². The molecule has 2 atom stereocenters. The Morgan fingerprint density at radius 1 is 1.24 bits per heavy atom. The zero-order valence-electron chi connectivity index (χ0n) is 13.8. The second kappa shape index (κ2) is 7.74. The molecule has 1 fully saturated rings. The molecule has 2 rings (SSSR count). The van der Waals surface area contributed by atoms with E-state index in [1.807, 2.05) is 6.92 Å². The highest BCUT2D eigenvalue weighted by molar-refractivity contribution is 7.89. The van der Waals surface area contributed by atoms with Crippen LogP contribution in [-0.4, -0.2) is 26.9 Å². The average Bonchev–Trinajstić information content (AvgIpc) is 2.55. The monoisotopic (exact) mass is 378 g/mol. The van der Waals surface area contributed by atoms with Crippen LogP contribution in [0.5, 0.6) is 0 Å². The Morgan fingerprint density at radius 3 is 2.56 bits per heavy atom. The van der Waals surface area contributed by atoms with E-state index in [-0.39, 0.29) is 6.04 Å². The van der Waals surface area contributed by atoms with Crippen LogP contribution in [0.2, 0.25) is 0 Å². The van der Waals surface area contributed by atoms with Gasteiger partial charge in [-0.2, -0.15) is 13.2 Å². The van der Waals surface area contributed by atoms with Gasteiger partial charge in [0.05, 0.1) is 17.0 Å². The number of hydrogen-bond acceptors (Lipinski definition) is 3. The van der Waals surface area contributed by atoms with Gasteiger partial charge in [0.2, 0.25) is 15.9 Å². The smallest absolute Gasteiger partial charge is 0.352 e. The van der Waals surface area contributed by atoms with Gasteiger partial charge in [-0.15, -0.1) is 0 Å². The van der Waals surface area contributed by atoms with Crippen molar-refractivity contribution >= 4 is 15.9 Å². The van der Waals surface area contributed by atoms with Crippen molar-refractivity contribution < 1.29 is 26.4 Å². The second-order valence-electron chi connectivity index (χ2n) is 6.29. The van der Waals surface area contributed by atoms with Crippen LogP contribution >= 0.6 is 0 Å². The molecule has 0 spiro atoms. The average molecular weight is 378 g/mol. The summed E-state index contributed by atoms with van der Waals surface area (Å²) in [6, 6.07) is 3.40. The molecule has 0 bridgehead atoms. The fourth-order valence-electron chi connectivity index (χ4n) is 2.87. The van der Waals surface area contributed by atoms with Crippen molar-refractivity contribution in [1.29, 1.82) is 0 Å². The second-order valence-corrected chi connectivity index (χ2v) is 8.05. The maximum absolute atomic E-state index is 12.7. The largest absolute Gasteiger partial charge is 0.416 e. The van der Waals surface area contributed by atoms with E-state index in [4.69, 9.17) is 0 Å². The van der Waals surface area contributed by atoms with Crippen LogP contribution in [-0.2, 0) is 21.0 Å². The molecule has 1 aliphatic carbocycles. The Bertz CT molecular complexity index is 720. The first-order chi connectivity index (χ1) is 11.6. The Hall–Kier alpha value is -1.61. The Labute approximate surface area is 145 Å². The molecule has 2 N–H and O–H groups in total. The molecule has 0 aliphatic heterocycles. The zero-order chi connectivity index (χ0) is 18.7. The summed E-state index contributed by atoms with van der Waals surface area (Å²) in [5, 5.41) is 2.78. The summed E-state index contributed by atoms with van der Waals surface area (Å²) in [6.45, 7) is 1.51. The maximum atomic E-state index is 12.7. The van der Waals surface area contributed by atoms with Gasteiger partial charge in [-0.25, -0.2) is 13.1 Å². The van der Waals surface area contributed by atoms with Gasteiger partial charge in [-0.3, -0.25) is 4.79 Å². The molecule has 0 aromatic heterocycles. The summed E-state index contributed by atoms with van der Waals surface area (Å²) in [4.78, 5) is 11.4. The minimum atomic E-state index is -4.64. The number of benzene rings is 1. The molecule has 25 heavy (non-hydrogen) atoms. The van der Waals surface area contributed by atoms with Crippen LogP contribution in [0.25, 0.3) is 0 Å². The van der Waals surface area contributed by atoms with E-state index in [1.165, 1.54) is 0 Å². The van der Waals surface area contributed by atoms with E-state index in [9.17, 15) is 26.4 Å². The number of sulfonamides is 1. The molecule has 1 amide bonds. The van der Waals surface area contributed by atoms with Gasteiger partial charge in [0, 0.05) is 6.04 Å². The quantitative estimate of drug-likeness (QED) is 0.827. The van der Waals surface area contributed by atoms with Crippen molar-refractivity contribution in [2.75, 3.05) is 6.54 Å². The number of carbonyl (C=O) groups excluding carboxylic acids is 1. The van der Waals surface area contributed by atoms with Crippen molar-refractivity contribution in [3.63, 3.8) is 0 Å². The fourth-order valence-corrected chi connectivity index (χ4v) is 3.90. The van der Waals surface area contributed by atoms with Gasteiger partial charge in [0.1, 0.15) is 0 Å². The predicted octanol–water partition coefficient (Wildman–Crippen LogP) is 2.68.